The Labute approximate surface area is 221 Å². The van der Waals surface area contributed by atoms with Crippen LogP contribution in [0, 0.1) is 29.1 Å². The Kier molecular flexibility index (Phi) is 10.8. The first-order valence-electron chi connectivity index (χ1n) is 12.2. The van der Waals surface area contributed by atoms with E-state index in [0.29, 0.717) is 29.2 Å². The lowest BCUT2D eigenvalue weighted by molar-refractivity contribution is -0.109. The minimum absolute atomic E-state index is 0.0841. The molecule has 2 amide bonds. The highest BCUT2D eigenvalue weighted by atomic mass is 19.1. The number of aromatic nitrogens is 1. The van der Waals surface area contributed by atoms with Crippen LogP contribution in [0.3, 0.4) is 0 Å². The highest BCUT2D eigenvalue weighted by Crippen LogP contribution is 2.28. The predicted molar refractivity (Wildman–Crippen MR) is 143 cm³/mol. The van der Waals surface area contributed by atoms with E-state index in [0.717, 1.165) is 43.5 Å². The van der Waals surface area contributed by atoms with Gasteiger partial charge in [-0.15, -0.1) is 0 Å². The molecule has 1 unspecified atom stereocenters. The third-order valence-corrected chi connectivity index (χ3v) is 5.71. The lowest BCUT2D eigenvalue weighted by atomic mass is 10.0. The number of hydrogen-bond acceptors (Lipinski definition) is 7. The normalized spacial score (nSPS) is 14.4. The molecule has 1 aromatic carbocycles. The van der Waals surface area contributed by atoms with Crippen LogP contribution in [-0.4, -0.2) is 63.5 Å². The summed E-state index contributed by atoms with van der Waals surface area (Å²) in [5.74, 6) is 6.80. The number of pyridine rings is 1. The Morgan fingerprint density at radius 1 is 1.32 bits per heavy atom. The molecule has 0 radical (unpaired) electrons. The van der Waals surface area contributed by atoms with E-state index in [-0.39, 0.29) is 13.0 Å². The summed E-state index contributed by atoms with van der Waals surface area (Å²) in [5, 5.41) is 12.5. The van der Waals surface area contributed by atoms with Gasteiger partial charge in [0.2, 0.25) is 5.95 Å². The second kappa shape index (κ2) is 14.5. The molecular weight excluding hydrogens is 489 g/mol. The van der Waals surface area contributed by atoms with Crippen molar-refractivity contribution in [2.24, 2.45) is 5.92 Å². The number of hydrogen-bond donors (Lipinski definition) is 3. The Hall–Kier alpha value is -4.23. The first-order valence-corrected chi connectivity index (χ1v) is 12.2. The van der Waals surface area contributed by atoms with Crippen molar-refractivity contribution in [3.8, 4) is 17.6 Å². The van der Waals surface area contributed by atoms with E-state index in [9.17, 15) is 14.0 Å². The SMILES string of the molecule is CN(C)c1cc(C#CC2CCOCC2)ccc1OCC(C=O)NC(=O)N/C=C(\C=N)Cc1cccc(F)n1. The van der Waals surface area contributed by atoms with Gasteiger partial charge in [-0.2, -0.15) is 4.39 Å². The topological polar surface area (TPSA) is 117 Å². The lowest BCUT2D eigenvalue weighted by Crippen LogP contribution is -2.44. The summed E-state index contributed by atoms with van der Waals surface area (Å²) in [6.07, 6.45) is 4.96. The minimum Gasteiger partial charge on any atom is -0.489 e. The molecule has 0 saturated carbocycles. The van der Waals surface area contributed by atoms with Gasteiger partial charge in [0.25, 0.3) is 0 Å². The van der Waals surface area contributed by atoms with Crippen LogP contribution in [0.25, 0.3) is 0 Å². The Morgan fingerprint density at radius 3 is 2.79 bits per heavy atom. The molecule has 0 bridgehead atoms. The maximum atomic E-state index is 13.3. The highest BCUT2D eigenvalue weighted by Gasteiger charge is 2.15. The number of carbonyl (C=O) groups excluding carboxylic acids is 2. The molecule has 200 valence electrons. The van der Waals surface area contributed by atoms with Gasteiger partial charge >= 0.3 is 6.03 Å². The zero-order chi connectivity index (χ0) is 27.3. The number of halogens is 1. The third kappa shape index (κ3) is 9.01. The van der Waals surface area contributed by atoms with Gasteiger partial charge in [-0.05, 0) is 48.7 Å². The predicted octanol–water partition coefficient (Wildman–Crippen LogP) is 3.09. The Balaban J connectivity index is 1.56. The summed E-state index contributed by atoms with van der Waals surface area (Å²) in [4.78, 5) is 29.5. The number of nitrogens with zero attached hydrogens (tertiary/aromatic N) is 2. The maximum absolute atomic E-state index is 13.3. The van der Waals surface area contributed by atoms with E-state index < -0.39 is 18.0 Å². The molecule has 38 heavy (non-hydrogen) atoms. The van der Waals surface area contributed by atoms with Crippen LogP contribution in [0.4, 0.5) is 14.9 Å². The van der Waals surface area contributed by atoms with Gasteiger partial charge in [-0.3, -0.25) is 0 Å². The molecule has 1 atom stereocenters. The van der Waals surface area contributed by atoms with Gasteiger partial charge in [-0.25, -0.2) is 9.78 Å². The van der Waals surface area contributed by atoms with Crippen LogP contribution < -0.4 is 20.3 Å². The quantitative estimate of drug-likeness (QED) is 0.192. The lowest BCUT2D eigenvalue weighted by Gasteiger charge is -2.20. The van der Waals surface area contributed by atoms with Crippen LogP contribution in [0.5, 0.6) is 5.75 Å². The number of benzene rings is 1. The van der Waals surface area contributed by atoms with Gasteiger partial charge in [0.1, 0.15) is 24.7 Å². The molecule has 2 heterocycles. The molecule has 10 heteroatoms. The molecular formula is C28H32FN5O4. The zero-order valence-electron chi connectivity index (χ0n) is 21.5. The molecule has 2 aromatic rings. The van der Waals surface area contributed by atoms with Crippen LogP contribution in [0.1, 0.15) is 24.1 Å². The van der Waals surface area contributed by atoms with Crippen LogP contribution in [0.2, 0.25) is 0 Å². The molecule has 1 aromatic heterocycles. The summed E-state index contributed by atoms with van der Waals surface area (Å²) in [6.45, 7) is 1.40. The molecule has 3 N–H and O–H groups in total. The van der Waals surface area contributed by atoms with Gasteiger partial charge in [0, 0.05) is 63.3 Å². The number of allylic oxidation sites excluding steroid dienone is 1. The van der Waals surface area contributed by atoms with Gasteiger partial charge in [0.15, 0.2) is 0 Å². The fourth-order valence-electron chi connectivity index (χ4n) is 3.66. The van der Waals surface area contributed by atoms with Crippen molar-refractivity contribution in [3.63, 3.8) is 0 Å². The zero-order valence-corrected chi connectivity index (χ0v) is 21.5. The number of aldehydes is 1. The molecule has 1 aliphatic heterocycles. The molecule has 0 aliphatic carbocycles. The van der Waals surface area contributed by atoms with Crippen molar-refractivity contribution < 1.29 is 23.5 Å². The van der Waals surface area contributed by atoms with Gasteiger partial charge in [0.05, 0.1) is 5.69 Å². The monoisotopic (exact) mass is 521 g/mol. The largest absolute Gasteiger partial charge is 0.489 e. The van der Waals surface area contributed by atoms with Crippen molar-refractivity contribution >= 4 is 24.2 Å². The van der Waals surface area contributed by atoms with Gasteiger partial charge < -0.3 is 35.2 Å². The number of urea groups is 1. The molecule has 0 spiro atoms. The average Bonchev–Trinajstić information content (AvgIpc) is 2.92. The second-order valence-corrected chi connectivity index (χ2v) is 8.90. The molecule has 3 rings (SSSR count). The third-order valence-electron chi connectivity index (χ3n) is 5.71. The van der Waals surface area contributed by atoms with Crippen molar-refractivity contribution in [2.45, 2.75) is 25.3 Å². The minimum atomic E-state index is -0.917. The van der Waals surface area contributed by atoms with Crippen LogP contribution >= 0.6 is 0 Å². The first-order chi connectivity index (χ1) is 18.4. The standard InChI is InChI=1S/C28H32FN5O4/c1-34(2)25-15-21(7-6-20-10-12-37-13-11-20)8-9-26(25)38-19-24(18-35)33-28(36)31-17-22(16-30)14-23-4-3-5-27(29)32-23/h3-5,8-9,15-18,20,24,30H,10-14,19H2,1-2H3,(H2,31,33,36)/b22-17-,30-16?. The summed E-state index contributed by atoms with van der Waals surface area (Å²) >= 11 is 0. The number of anilines is 1. The van der Waals surface area contributed by atoms with Crippen molar-refractivity contribution in [2.75, 3.05) is 38.8 Å². The smallest absolute Gasteiger partial charge is 0.319 e. The molecule has 1 aliphatic rings. The van der Waals surface area contributed by atoms with Gasteiger partial charge in [-0.1, -0.05) is 17.9 Å². The fraction of sp³-hybridized carbons (Fsp3) is 0.357. The number of nitrogens with one attached hydrogen (secondary N) is 3. The fourth-order valence-corrected chi connectivity index (χ4v) is 3.66. The van der Waals surface area contributed by atoms with Crippen molar-refractivity contribution in [3.05, 3.63) is 65.4 Å². The molecule has 1 saturated heterocycles. The number of rotatable bonds is 10. The van der Waals surface area contributed by atoms with Crippen molar-refractivity contribution in [1.82, 2.24) is 15.6 Å². The number of carbonyl (C=O) groups is 2. The van der Waals surface area contributed by atoms with E-state index >= 15 is 0 Å². The van der Waals surface area contributed by atoms with E-state index in [2.05, 4.69) is 27.5 Å². The summed E-state index contributed by atoms with van der Waals surface area (Å²) in [6, 6.07) is 8.38. The van der Waals surface area contributed by atoms with E-state index in [4.69, 9.17) is 14.9 Å². The number of ether oxygens (including phenoxy) is 2. The average molecular weight is 522 g/mol. The second-order valence-electron chi connectivity index (χ2n) is 8.90. The maximum Gasteiger partial charge on any atom is 0.319 e. The van der Waals surface area contributed by atoms with Crippen LogP contribution in [-0.2, 0) is 16.0 Å². The van der Waals surface area contributed by atoms with Crippen molar-refractivity contribution in [1.29, 1.82) is 5.41 Å². The Morgan fingerprint density at radius 2 is 2.11 bits per heavy atom. The van der Waals surface area contributed by atoms with Crippen LogP contribution in [0.15, 0.2) is 48.2 Å². The summed E-state index contributed by atoms with van der Waals surface area (Å²) in [7, 11) is 3.76. The summed E-state index contributed by atoms with van der Waals surface area (Å²) < 4.78 is 24.5. The highest BCUT2D eigenvalue weighted by molar-refractivity contribution is 5.81. The summed E-state index contributed by atoms with van der Waals surface area (Å²) in [5.41, 5.74) is 2.47. The molecule has 1 fully saturated rings. The van der Waals surface area contributed by atoms with E-state index in [1.54, 1.807) is 12.1 Å². The van der Waals surface area contributed by atoms with E-state index in [1.165, 1.54) is 18.3 Å². The Bertz CT molecular complexity index is 1220. The van der Waals surface area contributed by atoms with E-state index in [1.807, 2.05) is 31.1 Å². The molecule has 9 nitrogen and oxygen atoms in total. The number of amides is 2. The first kappa shape index (κ1) is 28.3.